The molecule has 2 heterocycles. The third kappa shape index (κ3) is 3.35. The molecule has 4 heteroatoms. The molecule has 0 saturated carbocycles. The minimum absolute atomic E-state index is 0.00125. The molecular weight excluding hydrogens is 262 g/mol. The second-order valence-corrected chi connectivity index (χ2v) is 5.67. The zero-order valence-corrected chi connectivity index (χ0v) is 12.5. The van der Waals surface area contributed by atoms with Crippen LogP contribution in [0.2, 0.25) is 0 Å². The van der Waals surface area contributed by atoms with Crippen molar-refractivity contribution in [3.05, 3.63) is 47.8 Å². The van der Waals surface area contributed by atoms with Gasteiger partial charge in [-0.1, -0.05) is 30.3 Å². The zero-order chi connectivity index (χ0) is 14.7. The highest BCUT2D eigenvalue weighted by Gasteiger charge is 2.16. The average molecular weight is 285 g/mol. The summed E-state index contributed by atoms with van der Waals surface area (Å²) in [5, 5.41) is 0. The number of hydrogen-bond donors (Lipinski definition) is 2. The first-order valence-electron chi connectivity index (χ1n) is 7.57. The Balaban J connectivity index is 1.86. The molecule has 2 aromatic rings. The normalized spacial score (nSPS) is 17.8. The van der Waals surface area contributed by atoms with Crippen LogP contribution in [-0.4, -0.2) is 36.2 Å². The van der Waals surface area contributed by atoms with Crippen molar-refractivity contribution in [3.63, 3.8) is 0 Å². The van der Waals surface area contributed by atoms with Crippen molar-refractivity contribution in [2.24, 2.45) is 5.73 Å². The number of hydrogen-bond acceptors (Lipinski definition) is 3. The third-order valence-electron chi connectivity index (χ3n) is 3.94. The number of morpholine rings is 1. The van der Waals surface area contributed by atoms with Crippen molar-refractivity contribution < 1.29 is 4.74 Å². The van der Waals surface area contributed by atoms with Gasteiger partial charge in [-0.25, -0.2) is 0 Å². The first kappa shape index (κ1) is 14.3. The molecule has 21 heavy (non-hydrogen) atoms. The highest BCUT2D eigenvalue weighted by atomic mass is 16.5. The zero-order valence-electron chi connectivity index (χ0n) is 12.5. The molecule has 1 unspecified atom stereocenters. The van der Waals surface area contributed by atoms with Crippen LogP contribution in [0.15, 0.2) is 36.4 Å². The van der Waals surface area contributed by atoms with Crippen molar-refractivity contribution in [3.8, 4) is 11.1 Å². The van der Waals surface area contributed by atoms with E-state index in [0.717, 1.165) is 38.5 Å². The Kier molecular flexibility index (Phi) is 4.39. The Morgan fingerprint density at radius 3 is 2.62 bits per heavy atom. The molecule has 0 amide bonds. The number of benzene rings is 1. The van der Waals surface area contributed by atoms with E-state index in [2.05, 4.69) is 40.2 Å². The van der Waals surface area contributed by atoms with Crippen LogP contribution < -0.4 is 5.73 Å². The van der Waals surface area contributed by atoms with E-state index >= 15 is 0 Å². The number of nitrogens with zero attached hydrogens (tertiary/aromatic N) is 1. The SMILES string of the molecule is CC(N)c1[nH]c(CN2CCOCC2)cc1-c1ccccc1. The second-order valence-electron chi connectivity index (χ2n) is 5.67. The van der Waals surface area contributed by atoms with Crippen LogP contribution in [0.5, 0.6) is 0 Å². The Hall–Kier alpha value is -1.62. The lowest BCUT2D eigenvalue weighted by Crippen LogP contribution is -2.35. The predicted molar refractivity (Wildman–Crippen MR) is 84.9 cm³/mol. The van der Waals surface area contributed by atoms with Gasteiger partial charge in [-0.15, -0.1) is 0 Å². The number of H-pyrrole nitrogens is 1. The van der Waals surface area contributed by atoms with E-state index in [1.807, 2.05) is 13.0 Å². The molecule has 1 aliphatic heterocycles. The van der Waals surface area contributed by atoms with E-state index in [9.17, 15) is 0 Å². The Morgan fingerprint density at radius 2 is 1.95 bits per heavy atom. The van der Waals surface area contributed by atoms with Crippen molar-refractivity contribution >= 4 is 0 Å². The van der Waals surface area contributed by atoms with Crippen LogP contribution in [0.1, 0.15) is 24.4 Å². The average Bonchev–Trinajstić information content (AvgIpc) is 2.93. The summed E-state index contributed by atoms with van der Waals surface area (Å²) >= 11 is 0. The summed E-state index contributed by atoms with van der Waals surface area (Å²) in [5.74, 6) is 0. The van der Waals surface area contributed by atoms with Crippen LogP contribution in [0.25, 0.3) is 11.1 Å². The summed E-state index contributed by atoms with van der Waals surface area (Å²) in [7, 11) is 0. The van der Waals surface area contributed by atoms with Crippen LogP contribution in [-0.2, 0) is 11.3 Å². The molecule has 0 bridgehead atoms. The van der Waals surface area contributed by atoms with Crippen molar-refractivity contribution in [1.29, 1.82) is 0 Å². The summed E-state index contributed by atoms with van der Waals surface area (Å²) in [6.07, 6.45) is 0. The molecule has 0 aliphatic carbocycles. The van der Waals surface area contributed by atoms with Crippen LogP contribution in [0, 0.1) is 0 Å². The summed E-state index contributed by atoms with van der Waals surface area (Å²) in [4.78, 5) is 5.93. The number of aromatic nitrogens is 1. The highest BCUT2D eigenvalue weighted by Crippen LogP contribution is 2.28. The van der Waals surface area contributed by atoms with Crippen LogP contribution in [0.3, 0.4) is 0 Å². The van der Waals surface area contributed by atoms with Crippen LogP contribution >= 0.6 is 0 Å². The standard InChI is InChI=1S/C17H23N3O/c1-13(18)17-16(14-5-3-2-4-6-14)11-15(19-17)12-20-7-9-21-10-8-20/h2-6,11,13,19H,7-10,12,18H2,1H3. The fraction of sp³-hybridized carbons (Fsp3) is 0.412. The summed E-state index contributed by atoms with van der Waals surface area (Å²) in [6.45, 7) is 6.59. The number of nitrogens with two attached hydrogens (primary N) is 1. The van der Waals surface area contributed by atoms with Gasteiger partial charge in [0, 0.05) is 42.6 Å². The number of aromatic amines is 1. The number of nitrogens with one attached hydrogen (secondary N) is 1. The highest BCUT2D eigenvalue weighted by molar-refractivity contribution is 5.67. The van der Waals surface area contributed by atoms with E-state index in [1.54, 1.807) is 0 Å². The van der Waals surface area contributed by atoms with Gasteiger partial charge in [0.1, 0.15) is 0 Å². The lowest BCUT2D eigenvalue weighted by molar-refractivity contribution is 0.0337. The van der Waals surface area contributed by atoms with Gasteiger partial charge in [0.2, 0.25) is 0 Å². The van der Waals surface area contributed by atoms with Gasteiger partial charge in [0.25, 0.3) is 0 Å². The molecule has 112 valence electrons. The van der Waals surface area contributed by atoms with Gasteiger partial charge in [0.15, 0.2) is 0 Å². The van der Waals surface area contributed by atoms with E-state index in [1.165, 1.54) is 16.8 Å². The molecule has 3 N–H and O–H groups in total. The Labute approximate surface area is 125 Å². The molecule has 1 aromatic heterocycles. The van der Waals surface area contributed by atoms with Gasteiger partial charge >= 0.3 is 0 Å². The topological polar surface area (TPSA) is 54.3 Å². The fourth-order valence-electron chi connectivity index (χ4n) is 2.83. The maximum Gasteiger partial charge on any atom is 0.0594 e. The Bertz CT molecular complexity index is 571. The lowest BCUT2D eigenvalue weighted by atomic mass is 10.0. The summed E-state index contributed by atoms with van der Waals surface area (Å²) in [5.41, 5.74) is 10.9. The van der Waals surface area contributed by atoms with Gasteiger partial charge in [-0.05, 0) is 18.6 Å². The smallest absolute Gasteiger partial charge is 0.0594 e. The van der Waals surface area contributed by atoms with Crippen LogP contribution in [0.4, 0.5) is 0 Å². The molecule has 0 spiro atoms. The Morgan fingerprint density at radius 1 is 1.24 bits per heavy atom. The fourth-order valence-corrected chi connectivity index (χ4v) is 2.83. The monoisotopic (exact) mass is 285 g/mol. The molecule has 1 fully saturated rings. The van der Waals surface area contributed by atoms with E-state index in [-0.39, 0.29) is 6.04 Å². The molecule has 0 radical (unpaired) electrons. The van der Waals surface area contributed by atoms with Gasteiger partial charge in [0.05, 0.1) is 13.2 Å². The van der Waals surface area contributed by atoms with Gasteiger partial charge in [-0.3, -0.25) is 4.90 Å². The minimum Gasteiger partial charge on any atom is -0.379 e. The molecule has 1 aromatic carbocycles. The maximum atomic E-state index is 6.13. The molecule has 3 rings (SSSR count). The molecular formula is C17H23N3O. The lowest BCUT2D eigenvalue weighted by Gasteiger charge is -2.25. The molecule has 1 saturated heterocycles. The summed E-state index contributed by atoms with van der Waals surface area (Å²) in [6, 6.07) is 12.7. The third-order valence-corrected chi connectivity index (χ3v) is 3.94. The van der Waals surface area contributed by atoms with Gasteiger partial charge in [-0.2, -0.15) is 0 Å². The van der Waals surface area contributed by atoms with Crippen molar-refractivity contribution in [2.75, 3.05) is 26.3 Å². The first-order chi connectivity index (χ1) is 10.2. The van der Waals surface area contributed by atoms with Crippen molar-refractivity contribution in [2.45, 2.75) is 19.5 Å². The quantitative estimate of drug-likeness (QED) is 0.907. The molecule has 4 nitrogen and oxygen atoms in total. The molecule has 1 atom stereocenters. The van der Waals surface area contributed by atoms with Crippen molar-refractivity contribution in [1.82, 2.24) is 9.88 Å². The molecule has 1 aliphatic rings. The number of rotatable bonds is 4. The number of ether oxygens (including phenoxy) is 1. The first-order valence-corrected chi connectivity index (χ1v) is 7.57. The second kappa shape index (κ2) is 6.43. The van der Waals surface area contributed by atoms with Gasteiger partial charge < -0.3 is 15.5 Å². The van der Waals surface area contributed by atoms with E-state index in [0.29, 0.717) is 0 Å². The van der Waals surface area contributed by atoms with E-state index in [4.69, 9.17) is 10.5 Å². The maximum absolute atomic E-state index is 6.13. The minimum atomic E-state index is -0.00125. The van der Waals surface area contributed by atoms with E-state index < -0.39 is 0 Å². The largest absolute Gasteiger partial charge is 0.379 e. The predicted octanol–water partition coefficient (Wildman–Crippen LogP) is 2.53. The summed E-state index contributed by atoms with van der Waals surface area (Å²) < 4.78 is 5.40.